The molecule has 0 aromatic carbocycles. The minimum absolute atomic E-state index is 0.0539. The van der Waals surface area contributed by atoms with Crippen molar-refractivity contribution in [2.24, 2.45) is 11.3 Å². The van der Waals surface area contributed by atoms with Crippen molar-refractivity contribution in [1.29, 1.82) is 0 Å². The van der Waals surface area contributed by atoms with Crippen LogP contribution in [-0.4, -0.2) is 73.4 Å². The summed E-state index contributed by atoms with van der Waals surface area (Å²) in [5.41, 5.74) is -0.0539. The predicted octanol–water partition coefficient (Wildman–Crippen LogP) is 0.305. The Morgan fingerprint density at radius 3 is 2.71 bits per heavy atom. The van der Waals surface area contributed by atoms with Gasteiger partial charge in [0.05, 0.1) is 19.1 Å². The lowest BCUT2D eigenvalue weighted by Gasteiger charge is -2.41. The summed E-state index contributed by atoms with van der Waals surface area (Å²) in [7, 11) is -1.85. The van der Waals surface area contributed by atoms with E-state index < -0.39 is 10.0 Å². The van der Waals surface area contributed by atoms with E-state index in [0.29, 0.717) is 32.8 Å². The van der Waals surface area contributed by atoms with E-state index in [0.717, 1.165) is 12.8 Å². The third-order valence-electron chi connectivity index (χ3n) is 5.43. The molecule has 3 heterocycles. The lowest BCUT2D eigenvalue weighted by atomic mass is 9.71. The second-order valence-electron chi connectivity index (χ2n) is 6.73. The van der Waals surface area contributed by atoms with Crippen LogP contribution < -0.4 is 0 Å². The van der Waals surface area contributed by atoms with Gasteiger partial charge < -0.3 is 14.6 Å². The number of hydrogen-bond donors (Lipinski definition) is 1. The van der Waals surface area contributed by atoms with Crippen LogP contribution in [0.2, 0.25) is 0 Å². The van der Waals surface area contributed by atoms with Gasteiger partial charge in [-0.1, -0.05) is 0 Å². The molecule has 1 unspecified atom stereocenters. The number of rotatable bonds is 4. The molecule has 0 bridgehead atoms. The maximum absolute atomic E-state index is 12.6. The van der Waals surface area contributed by atoms with Crippen molar-refractivity contribution in [1.82, 2.24) is 19.2 Å². The Morgan fingerprint density at radius 1 is 1.46 bits per heavy atom. The number of nitrogens with zero attached hydrogens (tertiary/aromatic N) is 3. The first-order chi connectivity index (χ1) is 11.4. The number of imidazole rings is 1. The highest BCUT2D eigenvalue weighted by Crippen LogP contribution is 2.45. The van der Waals surface area contributed by atoms with Gasteiger partial charge in [0.2, 0.25) is 5.91 Å². The summed E-state index contributed by atoms with van der Waals surface area (Å²) in [5, 5.41) is 0.128. The minimum Gasteiger partial charge on any atom is -0.384 e. The summed E-state index contributed by atoms with van der Waals surface area (Å²) in [6, 6.07) is 0. The average molecular weight is 356 g/mol. The fourth-order valence-corrected chi connectivity index (χ4v) is 5.30. The summed E-state index contributed by atoms with van der Waals surface area (Å²) in [5.74, 6) is 0.323. The third-order valence-corrected chi connectivity index (χ3v) is 7.26. The molecule has 2 saturated heterocycles. The van der Waals surface area contributed by atoms with Gasteiger partial charge in [-0.25, -0.2) is 13.4 Å². The number of carbonyl (C=O) groups is 1. The Kier molecular flexibility index (Phi) is 4.67. The lowest BCUT2D eigenvalue weighted by Crippen LogP contribution is -2.47. The first-order valence-electron chi connectivity index (χ1n) is 8.12. The van der Waals surface area contributed by atoms with Gasteiger partial charge in [0.15, 0.2) is 5.03 Å². The summed E-state index contributed by atoms with van der Waals surface area (Å²) >= 11 is 0. The van der Waals surface area contributed by atoms with Crippen molar-refractivity contribution in [3.8, 4) is 0 Å². The molecule has 3 rings (SSSR count). The van der Waals surface area contributed by atoms with Crippen LogP contribution in [0, 0.1) is 11.3 Å². The molecular formula is C15H24N4O4S. The van der Waals surface area contributed by atoms with E-state index in [1.807, 2.05) is 4.90 Å². The molecule has 1 N–H and O–H groups in total. The zero-order chi connectivity index (χ0) is 17.4. The molecule has 9 heteroatoms. The lowest BCUT2D eigenvalue weighted by molar-refractivity contribution is -0.128. The molecule has 1 atom stereocenters. The van der Waals surface area contributed by atoms with E-state index in [2.05, 4.69) is 9.97 Å². The molecule has 0 radical (unpaired) electrons. The number of piperidine rings is 1. The van der Waals surface area contributed by atoms with Crippen molar-refractivity contribution < 1.29 is 17.9 Å². The highest BCUT2D eigenvalue weighted by molar-refractivity contribution is 7.89. The fraction of sp³-hybridized carbons (Fsp3) is 0.733. The Hall–Kier alpha value is -1.45. The number of hydrogen-bond acceptors (Lipinski definition) is 5. The van der Waals surface area contributed by atoms with Crippen molar-refractivity contribution >= 4 is 15.9 Å². The molecule has 2 aliphatic heterocycles. The maximum atomic E-state index is 12.6. The van der Waals surface area contributed by atoms with Gasteiger partial charge in [-0.2, -0.15) is 4.31 Å². The third kappa shape index (κ3) is 2.96. The van der Waals surface area contributed by atoms with Gasteiger partial charge in [-0.15, -0.1) is 0 Å². The quantitative estimate of drug-likeness (QED) is 0.837. The summed E-state index contributed by atoms with van der Waals surface area (Å²) < 4.78 is 32.1. The molecule has 2 fully saturated rings. The maximum Gasteiger partial charge on any atom is 0.260 e. The number of aromatic nitrogens is 2. The number of likely N-dealkylation sites (tertiary alicyclic amines) is 1. The number of sulfonamides is 1. The molecule has 8 nitrogen and oxygen atoms in total. The van der Waals surface area contributed by atoms with Crippen molar-refractivity contribution in [2.75, 3.05) is 39.9 Å². The van der Waals surface area contributed by atoms with Crippen LogP contribution >= 0.6 is 0 Å². The van der Waals surface area contributed by atoms with Crippen molar-refractivity contribution in [2.45, 2.75) is 24.8 Å². The van der Waals surface area contributed by atoms with E-state index in [-0.39, 0.29) is 22.3 Å². The number of carbonyl (C=O) groups excluding carboxylic acids is 1. The molecule has 1 spiro atoms. The molecular weight excluding hydrogens is 332 g/mol. The van der Waals surface area contributed by atoms with Gasteiger partial charge in [0, 0.05) is 46.1 Å². The Balaban J connectivity index is 1.74. The topological polar surface area (TPSA) is 95.6 Å². The molecule has 1 aromatic rings. The SMILES string of the molecule is COCC1CN(C(C)=O)CC12CCN(S(=O)(=O)c1cnc[nH]1)CC2. The Bertz CT molecular complexity index is 680. The van der Waals surface area contributed by atoms with Gasteiger partial charge in [0.25, 0.3) is 10.0 Å². The second kappa shape index (κ2) is 6.45. The van der Waals surface area contributed by atoms with E-state index in [1.54, 1.807) is 14.0 Å². The summed E-state index contributed by atoms with van der Waals surface area (Å²) in [4.78, 5) is 20.1. The Labute approximate surface area is 142 Å². The predicted molar refractivity (Wildman–Crippen MR) is 86.6 cm³/mol. The first kappa shape index (κ1) is 17.4. The van der Waals surface area contributed by atoms with Crippen LogP contribution in [0.15, 0.2) is 17.6 Å². The van der Waals surface area contributed by atoms with E-state index >= 15 is 0 Å². The van der Waals surface area contributed by atoms with Crippen LogP contribution in [-0.2, 0) is 19.6 Å². The van der Waals surface area contributed by atoms with Gasteiger partial charge in [-0.05, 0) is 18.3 Å². The number of aromatic amines is 1. The number of methoxy groups -OCH3 is 1. The largest absolute Gasteiger partial charge is 0.384 e. The van der Waals surface area contributed by atoms with Crippen LogP contribution in [0.4, 0.5) is 0 Å². The molecule has 134 valence electrons. The number of nitrogens with one attached hydrogen (secondary N) is 1. The fourth-order valence-electron chi connectivity index (χ4n) is 3.97. The molecule has 0 saturated carbocycles. The molecule has 1 aromatic heterocycles. The smallest absolute Gasteiger partial charge is 0.260 e. The van der Waals surface area contributed by atoms with Crippen LogP contribution in [0.5, 0.6) is 0 Å². The number of amides is 1. The van der Waals surface area contributed by atoms with Crippen LogP contribution in [0.25, 0.3) is 0 Å². The number of ether oxygens (including phenoxy) is 1. The molecule has 0 aliphatic carbocycles. The second-order valence-corrected chi connectivity index (χ2v) is 8.64. The molecule has 1 amide bonds. The summed E-state index contributed by atoms with van der Waals surface area (Å²) in [6.45, 7) is 4.46. The van der Waals surface area contributed by atoms with Gasteiger partial charge >= 0.3 is 0 Å². The van der Waals surface area contributed by atoms with Crippen molar-refractivity contribution in [3.63, 3.8) is 0 Å². The monoisotopic (exact) mass is 356 g/mol. The zero-order valence-electron chi connectivity index (χ0n) is 14.1. The van der Waals surface area contributed by atoms with E-state index in [1.165, 1.54) is 16.8 Å². The average Bonchev–Trinajstić information content (AvgIpc) is 3.18. The first-order valence-corrected chi connectivity index (χ1v) is 9.56. The van der Waals surface area contributed by atoms with Crippen LogP contribution in [0.1, 0.15) is 19.8 Å². The minimum atomic E-state index is -3.52. The van der Waals surface area contributed by atoms with E-state index in [9.17, 15) is 13.2 Å². The number of H-pyrrole nitrogens is 1. The zero-order valence-corrected chi connectivity index (χ0v) is 14.9. The van der Waals surface area contributed by atoms with Crippen LogP contribution in [0.3, 0.4) is 0 Å². The van der Waals surface area contributed by atoms with Gasteiger partial charge in [0.1, 0.15) is 0 Å². The Morgan fingerprint density at radius 2 is 2.17 bits per heavy atom. The van der Waals surface area contributed by atoms with Gasteiger partial charge in [-0.3, -0.25) is 4.79 Å². The highest BCUT2D eigenvalue weighted by Gasteiger charge is 2.49. The highest BCUT2D eigenvalue weighted by atomic mass is 32.2. The molecule has 2 aliphatic rings. The van der Waals surface area contributed by atoms with Crippen molar-refractivity contribution in [3.05, 3.63) is 12.5 Å². The van der Waals surface area contributed by atoms with E-state index in [4.69, 9.17) is 4.74 Å². The normalized spacial score (nSPS) is 24.6. The summed E-state index contributed by atoms with van der Waals surface area (Å²) in [6.07, 6.45) is 4.17. The molecule has 24 heavy (non-hydrogen) atoms. The standard InChI is InChI=1S/C15H24N4O4S/c1-12(20)18-8-13(9-23-2)15(10-18)3-5-19(6-4-15)24(21,22)14-7-16-11-17-14/h7,11,13H,3-6,8-10H2,1-2H3,(H,16,17).